The molecule has 0 fully saturated rings. The Balaban J connectivity index is 1.72. The van der Waals surface area contributed by atoms with Crippen LogP contribution in [0.25, 0.3) is 0 Å². The molecule has 0 saturated carbocycles. The van der Waals surface area contributed by atoms with Crippen molar-refractivity contribution >= 4 is 40.8 Å². The van der Waals surface area contributed by atoms with E-state index in [1.807, 2.05) is 37.3 Å². The molecule has 3 N–H and O–H groups in total. The van der Waals surface area contributed by atoms with Crippen molar-refractivity contribution in [1.29, 1.82) is 0 Å². The summed E-state index contributed by atoms with van der Waals surface area (Å²) in [4.78, 5) is 35.9. The Bertz CT molecular complexity index is 887. The number of hydrogen-bond donors (Lipinski definition) is 3. The van der Waals surface area contributed by atoms with E-state index < -0.39 is 11.9 Å². The summed E-state index contributed by atoms with van der Waals surface area (Å²) in [5.41, 5.74) is 1.97. The van der Waals surface area contributed by atoms with Gasteiger partial charge in [0.1, 0.15) is 0 Å². The first-order chi connectivity index (χ1) is 14.5. The van der Waals surface area contributed by atoms with Crippen LogP contribution in [0.2, 0.25) is 0 Å². The summed E-state index contributed by atoms with van der Waals surface area (Å²) in [5, 5.41) is 8.11. The first-order valence-corrected chi connectivity index (χ1v) is 10.1. The molecule has 0 bridgehead atoms. The van der Waals surface area contributed by atoms with E-state index in [1.54, 1.807) is 24.3 Å². The number of amides is 2. The van der Waals surface area contributed by atoms with Crippen LogP contribution in [0.4, 0.5) is 5.69 Å². The number of hydrogen-bond acceptors (Lipinski definition) is 5. The predicted molar refractivity (Wildman–Crippen MR) is 119 cm³/mol. The molecule has 158 valence electrons. The smallest absolute Gasteiger partial charge is 0.306 e. The van der Waals surface area contributed by atoms with E-state index in [0.717, 1.165) is 5.56 Å². The van der Waals surface area contributed by atoms with Crippen molar-refractivity contribution < 1.29 is 19.1 Å². The number of carbonyl (C=O) groups excluding carboxylic acids is 3. The number of carbonyl (C=O) groups is 3. The van der Waals surface area contributed by atoms with Gasteiger partial charge in [-0.3, -0.25) is 14.4 Å². The molecule has 0 radical (unpaired) electrons. The van der Waals surface area contributed by atoms with Crippen LogP contribution in [0, 0.1) is 0 Å². The highest BCUT2D eigenvalue weighted by Crippen LogP contribution is 2.14. The van der Waals surface area contributed by atoms with E-state index in [0.29, 0.717) is 24.2 Å². The summed E-state index contributed by atoms with van der Waals surface area (Å²) >= 11 is 5.14. The lowest BCUT2D eigenvalue weighted by Crippen LogP contribution is -2.35. The third-order valence-corrected chi connectivity index (χ3v) is 4.27. The van der Waals surface area contributed by atoms with Crippen LogP contribution in [0.15, 0.2) is 54.6 Å². The molecule has 30 heavy (non-hydrogen) atoms. The molecule has 7 nitrogen and oxygen atoms in total. The van der Waals surface area contributed by atoms with E-state index in [4.69, 9.17) is 17.0 Å². The molecule has 0 aliphatic heterocycles. The zero-order chi connectivity index (χ0) is 21.8. The van der Waals surface area contributed by atoms with Gasteiger partial charge in [0.2, 0.25) is 5.91 Å². The predicted octanol–water partition coefficient (Wildman–Crippen LogP) is 2.82. The molecule has 2 rings (SSSR count). The van der Waals surface area contributed by atoms with Gasteiger partial charge in [-0.05, 0) is 36.8 Å². The number of benzene rings is 2. The van der Waals surface area contributed by atoms with Gasteiger partial charge in [-0.1, -0.05) is 42.5 Å². The van der Waals surface area contributed by atoms with Gasteiger partial charge in [0, 0.05) is 19.4 Å². The number of esters is 1. The standard InChI is InChI=1S/C22H25N3O4S/c1-2-23-21(28)17-10-6-7-11-18(17)24-22(30)25-19(26)12-13-20(27)29-15-14-16-8-4-3-5-9-16/h3-11H,2,12-15H2,1H3,(H,23,28)(H2,24,25,26,30). The molecular weight excluding hydrogens is 402 g/mol. The third kappa shape index (κ3) is 8.00. The summed E-state index contributed by atoms with van der Waals surface area (Å²) in [5.74, 6) is -1.10. The Morgan fingerprint density at radius 3 is 2.40 bits per heavy atom. The lowest BCUT2D eigenvalue weighted by Gasteiger charge is -2.13. The van der Waals surface area contributed by atoms with Crippen molar-refractivity contribution in [1.82, 2.24) is 10.6 Å². The Kier molecular flexibility index (Phi) is 9.47. The molecule has 2 aromatic carbocycles. The Labute approximate surface area is 181 Å². The van der Waals surface area contributed by atoms with Gasteiger partial charge in [-0.25, -0.2) is 0 Å². The van der Waals surface area contributed by atoms with Crippen LogP contribution < -0.4 is 16.0 Å². The average Bonchev–Trinajstić information content (AvgIpc) is 2.73. The molecule has 2 amide bonds. The quantitative estimate of drug-likeness (QED) is 0.421. The monoisotopic (exact) mass is 427 g/mol. The fraction of sp³-hybridized carbons (Fsp3) is 0.273. The molecule has 0 saturated heterocycles. The summed E-state index contributed by atoms with van der Waals surface area (Å²) in [6.07, 6.45) is 0.528. The second-order valence-electron chi connectivity index (χ2n) is 6.36. The van der Waals surface area contributed by atoms with Gasteiger partial charge < -0.3 is 20.7 Å². The van der Waals surface area contributed by atoms with E-state index in [-0.39, 0.29) is 30.5 Å². The van der Waals surface area contributed by atoms with E-state index in [1.165, 1.54) is 0 Å². The molecule has 8 heteroatoms. The van der Waals surface area contributed by atoms with Crippen molar-refractivity contribution in [2.45, 2.75) is 26.2 Å². The maximum atomic E-state index is 12.1. The minimum absolute atomic E-state index is 0.0429. The first-order valence-electron chi connectivity index (χ1n) is 9.67. The summed E-state index contributed by atoms with van der Waals surface area (Å²) in [6, 6.07) is 16.5. The fourth-order valence-electron chi connectivity index (χ4n) is 2.60. The van der Waals surface area contributed by atoms with Gasteiger partial charge >= 0.3 is 5.97 Å². The topological polar surface area (TPSA) is 96.5 Å². The lowest BCUT2D eigenvalue weighted by atomic mass is 10.1. The fourth-order valence-corrected chi connectivity index (χ4v) is 2.83. The zero-order valence-corrected chi connectivity index (χ0v) is 17.6. The van der Waals surface area contributed by atoms with Gasteiger partial charge in [0.25, 0.3) is 5.91 Å². The number of ether oxygens (including phenoxy) is 1. The molecule has 0 unspecified atom stereocenters. The van der Waals surface area contributed by atoms with Crippen molar-refractivity contribution in [3.63, 3.8) is 0 Å². The molecule has 0 aliphatic carbocycles. The van der Waals surface area contributed by atoms with Crippen molar-refractivity contribution in [2.75, 3.05) is 18.5 Å². The van der Waals surface area contributed by atoms with Crippen molar-refractivity contribution in [3.05, 3.63) is 65.7 Å². The van der Waals surface area contributed by atoms with Crippen LogP contribution in [0.1, 0.15) is 35.7 Å². The van der Waals surface area contributed by atoms with Crippen LogP contribution >= 0.6 is 12.2 Å². The van der Waals surface area contributed by atoms with Crippen molar-refractivity contribution in [2.24, 2.45) is 0 Å². The maximum Gasteiger partial charge on any atom is 0.306 e. The molecular formula is C22H25N3O4S. The zero-order valence-electron chi connectivity index (χ0n) is 16.8. The van der Waals surface area contributed by atoms with E-state index in [2.05, 4.69) is 16.0 Å². The molecule has 0 aliphatic rings. The molecule has 0 heterocycles. The Morgan fingerprint density at radius 1 is 0.967 bits per heavy atom. The van der Waals surface area contributed by atoms with Gasteiger partial charge in [0.05, 0.1) is 24.3 Å². The lowest BCUT2D eigenvalue weighted by molar-refractivity contribution is -0.144. The van der Waals surface area contributed by atoms with Crippen LogP contribution in [-0.4, -0.2) is 36.0 Å². The number of anilines is 1. The average molecular weight is 428 g/mol. The number of para-hydroxylation sites is 1. The van der Waals surface area contributed by atoms with Gasteiger partial charge in [-0.15, -0.1) is 0 Å². The molecule has 0 atom stereocenters. The Hall–Kier alpha value is -3.26. The normalized spacial score (nSPS) is 10.0. The maximum absolute atomic E-state index is 12.1. The second kappa shape index (κ2) is 12.3. The SMILES string of the molecule is CCNC(=O)c1ccccc1NC(=S)NC(=O)CCC(=O)OCCc1ccccc1. The Morgan fingerprint density at radius 2 is 1.67 bits per heavy atom. The van der Waals surface area contributed by atoms with Crippen LogP contribution in [0.3, 0.4) is 0 Å². The molecule has 0 aromatic heterocycles. The van der Waals surface area contributed by atoms with E-state index >= 15 is 0 Å². The molecule has 2 aromatic rings. The van der Waals surface area contributed by atoms with Crippen molar-refractivity contribution in [3.8, 4) is 0 Å². The van der Waals surface area contributed by atoms with Gasteiger partial charge in [-0.2, -0.15) is 0 Å². The largest absolute Gasteiger partial charge is 0.465 e. The number of rotatable bonds is 9. The van der Waals surface area contributed by atoms with E-state index in [9.17, 15) is 14.4 Å². The summed E-state index contributed by atoms with van der Waals surface area (Å²) in [6.45, 7) is 2.59. The summed E-state index contributed by atoms with van der Waals surface area (Å²) in [7, 11) is 0. The van der Waals surface area contributed by atoms with Gasteiger partial charge in [0.15, 0.2) is 5.11 Å². The third-order valence-electron chi connectivity index (χ3n) is 4.06. The minimum Gasteiger partial charge on any atom is -0.465 e. The highest BCUT2D eigenvalue weighted by molar-refractivity contribution is 7.80. The minimum atomic E-state index is -0.443. The number of thiocarbonyl (C=S) groups is 1. The second-order valence-corrected chi connectivity index (χ2v) is 6.77. The highest BCUT2D eigenvalue weighted by atomic mass is 32.1. The summed E-state index contributed by atoms with van der Waals surface area (Å²) < 4.78 is 5.15. The van der Waals surface area contributed by atoms with Crippen LogP contribution in [0.5, 0.6) is 0 Å². The first kappa shape index (κ1) is 23.0. The highest BCUT2D eigenvalue weighted by Gasteiger charge is 2.13. The van der Waals surface area contributed by atoms with Crippen LogP contribution in [-0.2, 0) is 20.7 Å². The molecule has 0 spiro atoms. The number of nitrogens with one attached hydrogen (secondary N) is 3.